The Bertz CT molecular complexity index is 710. The van der Waals surface area contributed by atoms with Gasteiger partial charge in [-0.2, -0.15) is 0 Å². The molecule has 2 rings (SSSR count). The van der Waals surface area contributed by atoms with Gasteiger partial charge in [-0.1, -0.05) is 25.1 Å². The maximum Gasteiger partial charge on any atom is 0.245 e. The van der Waals surface area contributed by atoms with Gasteiger partial charge in [-0.3, -0.25) is 9.59 Å². The number of halogens is 1. The molecule has 2 amide bonds. The third kappa shape index (κ3) is 6.51. The van der Waals surface area contributed by atoms with Crippen molar-refractivity contribution in [2.75, 3.05) is 24.7 Å². The number of benzene rings is 1. The number of anilines is 1. The lowest BCUT2D eigenvalue weighted by Gasteiger charge is -2.20. The number of rotatable bonds is 7. The van der Waals surface area contributed by atoms with Crippen LogP contribution in [0.25, 0.3) is 0 Å². The van der Waals surface area contributed by atoms with E-state index in [9.17, 15) is 9.59 Å². The highest BCUT2D eigenvalue weighted by molar-refractivity contribution is 9.10. The molecule has 1 N–H and O–H groups in total. The van der Waals surface area contributed by atoms with Crippen LogP contribution < -0.4 is 5.32 Å². The summed E-state index contributed by atoms with van der Waals surface area (Å²) in [6.45, 7) is 1.87. The summed E-state index contributed by atoms with van der Waals surface area (Å²) in [6, 6.07) is 13.4. The minimum absolute atomic E-state index is 0.00305. The van der Waals surface area contributed by atoms with Crippen molar-refractivity contribution in [2.45, 2.75) is 11.8 Å². The van der Waals surface area contributed by atoms with Crippen molar-refractivity contribution in [2.24, 2.45) is 5.92 Å². The molecule has 5 nitrogen and oxygen atoms in total. The molecule has 0 radical (unpaired) electrons. The fraction of sp³-hybridized carbons (Fsp3) is 0.278. The first-order valence-electron chi connectivity index (χ1n) is 7.80. The minimum Gasteiger partial charge on any atom is -0.336 e. The lowest BCUT2D eigenvalue weighted by atomic mass is 10.2. The molecule has 0 aliphatic heterocycles. The Hall–Kier alpha value is -1.86. The Morgan fingerprint density at radius 1 is 1.24 bits per heavy atom. The van der Waals surface area contributed by atoms with Crippen molar-refractivity contribution in [1.82, 2.24) is 9.88 Å². The first kappa shape index (κ1) is 19.5. The summed E-state index contributed by atoms with van der Waals surface area (Å²) in [7, 11) is 1.64. The van der Waals surface area contributed by atoms with Gasteiger partial charge in [0.1, 0.15) is 5.82 Å². The molecule has 0 bridgehead atoms. The van der Waals surface area contributed by atoms with Crippen LogP contribution in [0.4, 0.5) is 5.82 Å². The summed E-state index contributed by atoms with van der Waals surface area (Å²) < 4.78 is 0.836. The van der Waals surface area contributed by atoms with Gasteiger partial charge >= 0.3 is 0 Å². The number of hydrogen-bond acceptors (Lipinski definition) is 4. The molecule has 1 aromatic heterocycles. The molecule has 1 aromatic carbocycles. The molecule has 0 saturated heterocycles. The number of amides is 2. The Morgan fingerprint density at radius 3 is 2.60 bits per heavy atom. The number of nitrogens with zero attached hydrogens (tertiary/aromatic N) is 2. The van der Waals surface area contributed by atoms with Crippen molar-refractivity contribution >= 4 is 45.3 Å². The molecule has 0 spiro atoms. The smallest absolute Gasteiger partial charge is 0.245 e. The van der Waals surface area contributed by atoms with Gasteiger partial charge in [-0.05, 0) is 40.2 Å². The van der Waals surface area contributed by atoms with Crippen LogP contribution in [0.3, 0.4) is 0 Å². The minimum atomic E-state index is -0.270. The maximum atomic E-state index is 12.4. The van der Waals surface area contributed by atoms with Crippen LogP contribution in [-0.2, 0) is 9.59 Å². The average Bonchev–Trinajstić information content (AvgIpc) is 2.61. The van der Waals surface area contributed by atoms with E-state index in [0.29, 0.717) is 11.6 Å². The number of aromatic nitrogens is 1. The summed E-state index contributed by atoms with van der Waals surface area (Å²) in [4.78, 5) is 31.1. The predicted octanol–water partition coefficient (Wildman–Crippen LogP) is 3.67. The first-order chi connectivity index (χ1) is 12.0. The molecule has 0 aliphatic carbocycles. The number of thioether (sulfide) groups is 1. The second-order valence-electron chi connectivity index (χ2n) is 5.63. The van der Waals surface area contributed by atoms with E-state index >= 15 is 0 Å². The highest BCUT2D eigenvalue weighted by atomic mass is 79.9. The molecule has 1 atom stereocenters. The zero-order valence-corrected chi connectivity index (χ0v) is 16.5. The quantitative estimate of drug-likeness (QED) is 0.692. The number of carbonyl (C=O) groups is 2. The van der Waals surface area contributed by atoms with Crippen molar-refractivity contribution in [3.63, 3.8) is 0 Å². The van der Waals surface area contributed by atoms with E-state index < -0.39 is 0 Å². The zero-order chi connectivity index (χ0) is 18.2. The highest BCUT2D eigenvalue weighted by Crippen LogP contribution is 2.21. The number of hydrogen-bond donors (Lipinski definition) is 1. The van der Waals surface area contributed by atoms with Crippen LogP contribution in [0.1, 0.15) is 6.92 Å². The van der Waals surface area contributed by atoms with Crippen LogP contribution in [0.5, 0.6) is 0 Å². The number of pyridine rings is 1. The molecule has 132 valence electrons. The molecule has 25 heavy (non-hydrogen) atoms. The molecular weight excluding hydrogens is 402 g/mol. The monoisotopic (exact) mass is 421 g/mol. The fourth-order valence-electron chi connectivity index (χ4n) is 2.11. The summed E-state index contributed by atoms with van der Waals surface area (Å²) in [5.41, 5.74) is 0. The van der Waals surface area contributed by atoms with Crippen LogP contribution in [0, 0.1) is 5.92 Å². The van der Waals surface area contributed by atoms with Crippen LogP contribution in [-0.4, -0.2) is 41.0 Å². The van der Waals surface area contributed by atoms with E-state index in [4.69, 9.17) is 0 Å². The van der Waals surface area contributed by atoms with Crippen LogP contribution in [0.2, 0.25) is 0 Å². The molecular formula is C18H20BrN3O2S. The van der Waals surface area contributed by atoms with Gasteiger partial charge in [-0.15, -0.1) is 11.8 Å². The third-order valence-corrected chi connectivity index (χ3v) is 5.16. The molecule has 1 heterocycles. The fourth-order valence-corrected chi connectivity index (χ4v) is 3.28. The Kier molecular flexibility index (Phi) is 7.46. The predicted molar refractivity (Wildman–Crippen MR) is 105 cm³/mol. The van der Waals surface area contributed by atoms with Gasteiger partial charge in [0.05, 0.1) is 6.54 Å². The van der Waals surface area contributed by atoms with Gasteiger partial charge < -0.3 is 10.2 Å². The summed E-state index contributed by atoms with van der Waals surface area (Å²) in [5, 5.41) is 2.68. The molecule has 2 aromatic rings. The summed E-state index contributed by atoms with van der Waals surface area (Å²) in [5.74, 6) is 0.634. The largest absolute Gasteiger partial charge is 0.336 e. The number of likely N-dealkylation sites (N-methyl/N-ethyl adjacent to an activating group) is 1. The molecule has 0 fully saturated rings. The highest BCUT2D eigenvalue weighted by Gasteiger charge is 2.20. The van der Waals surface area contributed by atoms with Crippen molar-refractivity contribution in [3.8, 4) is 0 Å². The van der Waals surface area contributed by atoms with Crippen molar-refractivity contribution in [1.29, 1.82) is 0 Å². The molecule has 7 heteroatoms. The SMILES string of the molecule is CC(CSc1ccccc1)C(=O)N(C)CC(=O)Nc1ccc(Br)cn1. The topological polar surface area (TPSA) is 62.3 Å². The normalized spacial score (nSPS) is 11.6. The second kappa shape index (κ2) is 9.58. The van der Waals surface area contributed by atoms with Gasteiger partial charge in [0.2, 0.25) is 11.8 Å². The Balaban J connectivity index is 1.80. The van der Waals surface area contributed by atoms with Gasteiger partial charge in [-0.25, -0.2) is 4.98 Å². The summed E-state index contributed by atoms with van der Waals surface area (Å²) >= 11 is 4.92. The van der Waals surface area contributed by atoms with E-state index in [1.807, 2.05) is 37.3 Å². The zero-order valence-electron chi connectivity index (χ0n) is 14.1. The van der Waals surface area contributed by atoms with Gasteiger partial charge in [0.25, 0.3) is 0 Å². The molecule has 0 saturated carbocycles. The summed E-state index contributed by atoms with van der Waals surface area (Å²) in [6.07, 6.45) is 1.60. The average molecular weight is 422 g/mol. The van der Waals surface area contributed by atoms with E-state index in [1.54, 1.807) is 37.1 Å². The van der Waals surface area contributed by atoms with Gasteiger partial charge in [0, 0.05) is 34.3 Å². The van der Waals surface area contributed by atoms with Crippen LogP contribution >= 0.6 is 27.7 Å². The molecule has 0 aliphatic rings. The lowest BCUT2D eigenvalue weighted by Crippen LogP contribution is -2.38. The van der Waals surface area contributed by atoms with Gasteiger partial charge in [0.15, 0.2) is 0 Å². The van der Waals surface area contributed by atoms with Crippen molar-refractivity contribution in [3.05, 3.63) is 53.1 Å². The van der Waals surface area contributed by atoms with E-state index in [2.05, 4.69) is 26.2 Å². The third-order valence-electron chi connectivity index (χ3n) is 3.42. The number of carbonyl (C=O) groups excluding carboxylic acids is 2. The van der Waals surface area contributed by atoms with Crippen molar-refractivity contribution < 1.29 is 9.59 Å². The second-order valence-corrected chi connectivity index (χ2v) is 7.64. The molecule has 1 unspecified atom stereocenters. The van der Waals surface area contributed by atoms with Crippen LogP contribution in [0.15, 0.2) is 58.0 Å². The maximum absolute atomic E-state index is 12.4. The van der Waals surface area contributed by atoms with E-state index in [-0.39, 0.29) is 24.3 Å². The van der Waals surface area contributed by atoms with E-state index in [1.165, 1.54) is 4.90 Å². The number of nitrogens with one attached hydrogen (secondary N) is 1. The Morgan fingerprint density at radius 2 is 1.96 bits per heavy atom. The first-order valence-corrected chi connectivity index (χ1v) is 9.58. The van der Waals surface area contributed by atoms with E-state index in [0.717, 1.165) is 9.37 Å². The Labute approximate surface area is 160 Å². The standard InChI is InChI=1S/C18H20BrN3O2S/c1-13(12-25-15-6-4-3-5-7-15)18(24)22(2)11-17(23)21-16-9-8-14(19)10-20-16/h3-10,13H,11-12H2,1-2H3,(H,20,21,23). The lowest BCUT2D eigenvalue weighted by molar-refractivity contribution is -0.135.